The molecule has 21 heavy (non-hydrogen) atoms. The zero-order valence-corrected chi connectivity index (χ0v) is 13.2. The van der Waals surface area contributed by atoms with Crippen molar-refractivity contribution in [2.24, 2.45) is 0 Å². The second-order valence-electron chi connectivity index (χ2n) is 6.08. The first-order valence-electron chi connectivity index (χ1n) is 7.49. The molecule has 2 aliphatic rings. The quantitative estimate of drug-likeness (QED) is 0.744. The van der Waals surface area contributed by atoms with Crippen LogP contribution in [0.4, 0.5) is 0 Å². The summed E-state index contributed by atoms with van der Waals surface area (Å²) in [5, 5.41) is 1.54. The lowest BCUT2D eigenvalue weighted by Gasteiger charge is -2.36. The second kappa shape index (κ2) is 5.31. The number of halogens is 2. The molecule has 0 bridgehead atoms. The van der Waals surface area contributed by atoms with Gasteiger partial charge in [0.1, 0.15) is 0 Å². The highest BCUT2D eigenvalue weighted by molar-refractivity contribution is 6.35. The Morgan fingerprint density at radius 1 is 1.00 bits per heavy atom. The molecule has 1 atom stereocenters. The Labute approximate surface area is 135 Å². The number of nitrogens with zero attached hydrogens (tertiary/aromatic N) is 1. The summed E-state index contributed by atoms with van der Waals surface area (Å²) in [5.74, 6) is 0.367. The minimum Gasteiger partial charge on any atom is -0.295 e. The van der Waals surface area contributed by atoms with Crippen molar-refractivity contribution in [3.63, 3.8) is 0 Å². The van der Waals surface area contributed by atoms with E-state index in [0.717, 1.165) is 29.2 Å². The van der Waals surface area contributed by atoms with Gasteiger partial charge in [-0.1, -0.05) is 53.5 Å². The van der Waals surface area contributed by atoms with Crippen LogP contribution in [0.2, 0.25) is 10.0 Å². The molecule has 0 radical (unpaired) electrons. The SMILES string of the molecule is Clc1cc(Cl)c2c(c1)[C@@H](c1ccccc1)CN(C1CC1)C2. The molecule has 108 valence electrons. The lowest BCUT2D eigenvalue weighted by Crippen LogP contribution is -2.35. The lowest BCUT2D eigenvalue weighted by molar-refractivity contribution is 0.230. The standard InChI is InChI=1S/C18H17Cl2N/c19-13-8-15-16(12-4-2-1-3-5-12)10-21(14-6-7-14)11-17(15)18(20)9-13/h1-5,8-9,14,16H,6-7,10-11H2/t16-/m1/s1. The van der Waals surface area contributed by atoms with Crippen LogP contribution in [0.3, 0.4) is 0 Å². The van der Waals surface area contributed by atoms with Gasteiger partial charge >= 0.3 is 0 Å². The Morgan fingerprint density at radius 2 is 1.76 bits per heavy atom. The van der Waals surface area contributed by atoms with Crippen LogP contribution in [0.1, 0.15) is 35.4 Å². The predicted molar refractivity (Wildman–Crippen MR) is 88.2 cm³/mol. The first-order chi connectivity index (χ1) is 10.2. The van der Waals surface area contributed by atoms with Gasteiger partial charge in [0.05, 0.1) is 0 Å². The normalized spacial score (nSPS) is 22.1. The van der Waals surface area contributed by atoms with Crippen molar-refractivity contribution in [3.05, 3.63) is 69.2 Å². The van der Waals surface area contributed by atoms with Gasteiger partial charge in [0.25, 0.3) is 0 Å². The van der Waals surface area contributed by atoms with Crippen molar-refractivity contribution in [2.75, 3.05) is 6.54 Å². The maximum atomic E-state index is 6.48. The molecule has 2 aromatic rings. The summed E-state index contributed by atoms with van der Waals surface area (Å²) in [7, 11) is 0. The Hall–Kier alpha value is -1.02. The third kappa shape index (κ3) is 2.59. The Bertz CT molecular complexity index is 664. The fourth-order valence-electron chi connectivity index (χ4n) is 3.39. The Morgan fingerprint density at radius 3 is 2.48 bits per heavy atom. The second-order valence-corrected chi connectivity index (χ2v) is 6.92. The number of benzene rings is 2. The number of rotatable bonds is 2. The van der Waals surface area contributed by atoms with Crippen LogP contribution in [-0.2, 0) is 6.54 Å². The molecular formula is C18H17Cl2N. The van der Waals surface area contributed by atoms with E-state index in [-0.39, 0.29) is 0 Å². The van der Waals surface area contributed by atoms with E-state index in [1.807, 2.05) is 6.07 Å². The fraction of sp³-hybridized carbons (Fsp3) is 0.333. The van der Waals surface area contributed by atoms with Crippen molar-refractivity contribution in [3.8, 4) is 0 Å². The van der Waals surface area contributed by atoms with E-state index >= 15 is 0 Å². The summed E-state index contributed by atoms with van der Waals surface area (Å²) < 4.78 is 0. The van der Waals surface area contributed by atoms with Crippen LogP contribution in [0, 0.1) is 0 Å². The van der Waals surface area contributed by atoms with Crippen LogP contribution >= 0.6 is 23.2 Å². The maximum Gasteiger partial charge on any atom is 0.0468 e. The van der Waals surface area contributed by atoms with Crippen molar-refractivity contribution < 1.29 is 0 Å². The van der Waals surface area contributed by atoms with Crippen molar-refractivity contribution in [1.82, 2.24) is 4.90 Å². The highest BCUT2D eigenvalue weighted by atomic mass is 35.5. The average Bonchev–Trinajstić information content (AvgIpc) is 3.32. The highest BCUT2D eigenvalue weighted by Gasteiger charge is 2.36. The third-order valence-corrected chi connectivity index (χ3v) is 5.17. The van der Waals surface area contributed by atoms with Crippen molar-refractivity contribution in [2.45, 2.75) is 31.3 Å². The van der Waals surface area contributed by atoms with Gasteiger partial charge in [-0.25, -0.2) is 0 Å². The van der Waals surface area contributed by atoms with Gasteiger partial charge < -0.3 is 0 Å². The first-order valence-corrected chi connectivity index (χ1v) is 8.25. The van der Waals surface area contributed by atoms with E-state index in [1.165, 1.54) is 29.5 Å². The van der Waals surface area contributed by atoms with E-state index in [9.17, 15) is 0 Å². The third-order valence-electron chi connectivity index (χ3n) is 4.61. The summed E-state index contributed by atoms with van der Waals surface area (Å²) in [6, 6.07) is 15.4. The molecule has 1 nitrogen and oxygen atoms in total. The van der Waals surface area contributed by atoms with Gasteiger partial charge in [0.2, 0.25) is 0 Å². The topological polar surface area (TPSA) is 3.24 Å². The predicted octanol–water partition coefficient (Wildman–Crippen LogP) is 5.10. The monoisotopic (exact) mass is 317 g/mol. The summed E-state index contributed by atoms with van der Waals surface area (Å²) in [6.45, 7) is 2.03. The van der Waals surface area contributed by atoms with Crippen LogP contribution in [0.5, 0.6) is 0 Å². The first kappa shape index (κ1) is 13.6. The number of fused-ring (bicyclic) bond motifs is 1. The zero-order valence-electron chi connectivity index (χ0n) is 11.7. The van der Waals surface area contributed by atoms with Crippen LogP contribution < -0.4 is 0 Å². The van der Waals surface area contributed by atoms with Gasteiger partial charge in [0.15, 0.2) is 0 Å². The van der Waals surface area contributed by atoms with Crippen LogP contribution in [0.15, 0.2) is 42.5 Å². The molecule has 1 fully saturated rings. The summed E-state index contributed by atoms with van der Waals surface area (Å²) in [5.41, 5.74) is 3.91. The van der Waals surface area contributed by atoms with Crippen LogP contribution in [-0.4, -0.2) is 17.5 Å². The molecule has 1 saturated carbocycles. The van der Waals surface area contributed by atoms with E-state index in [4.69, 9.17) is 23.2 Å². The molecule has 0 amide bonds. The van der Waals surface area contributed by atoms with E-state index in [2.05, 4.69) is 41.3 Å². The Kier molecular flexibility index (Phi) is 3.45. The largest absolute Gasteiger partial charge is 0.295 e. The zero-order chi connectivity index (χ0) is 14.4. The minimum atomic E-state index is 0.367. The van der Waals surface area contributed by atoms with E-state index in [1.54, 1.807) is 0 Å². The van der Waals surface area contributed by atoms with E-state index < -0.39 is 0 Å². The van der Waals surface area contributed by atoms with Crippen molar-refractivity contribution >= 4 is 23.2 Å². The molecule has 1 heterocycles. The maximum absolute atomic E-state index is 6.48. The summed E-state index contributed by atoms with van der Waals surface area (Å²) >= 11 is 12.7. The molecule has 1 aliphatic heterocycles. The molecule has 0 spiro atoms. The van der Waals surface area contributed by atoms with Crippen LogP contribution in [0.25, 0.3) is 0 Å². The molecule has 4 rings (SSSR count). The fourth-order valence-corrected chi connectivity index (χ4v) is 3.96. The lowest BCUT2D eigenvalue weighted by atomic mass is 9.84. The average molecular weight is 318 g/mol. The van der Waals surface area contributed by atoms with E-state index in [0.29, 0.717) is 5.92 Å². The number of hydrogen-bond acceptors (Lipinski definition) is 1. The Balaban J connectivity index is 1.82. The molecule has 0 unspecified atom stereocenters. The van der Waals surface area contributed by atoms with Gasteiger partial charge in [-0.3, -0.25) is 4.90 Å². The molecular weight excluding hydrogens is 301 g/mol. The summed E-state index contributed by atoms with van der Waals surface area (Å²) in [4.78, 5) is 2.58. The van der Waals surface area contributed by atoms with Crippen molar-refractivity contribution in [1.29, 1.82) is 0 Å². The molecule has 2 aromatic carbocycles. The molecule has 0 aromatic heterocycles. The molecule has 0 N–H and O–H groups in total. The van der Waals surface area contributed by atoms with Gasteiger partial charge in [-0.2, -0.15) is 0 Å². The highest BCUT2D eigenvalue weighted by Crippen LogP contribution is 2.42. The minimum absolute atomic E-state index is 0.367. The molecule has 0 saturated heterocycles. The van der Waals surface area contributed by atoms with Gasteiger partial charge in [-0.15, -0.1) is 0 Å². The summed E-state index contributed by atoms with van der Waals surface area (Å²) in [6.07, 6.45) is 2.64. The molecule has 3 heteroatoms. The van der Waals surface area contributed by atoms with Gasteiger partial charge in [-0.05, 0) is 41.7 Å². The molecule has 1 aliphatic carbocycles. The number of hydrogen-bond donors (Lipinski definition) is 0. The smallest absolute Gasteiger partial charge is 0.0468 e. The van der Waals surface area contributed by atoms with Gasteiger partial charge in [0, 0.05) is 35.1 Å².